The van der Waals surface area contributed by atoms with E-state index in [1.54, 1.807) is 4.90 Å². The summed E-state index contributed by atoms with van der Waals surface area (Å²) in [6.07, 6.45) is 4.35. The zero-order chi connectivity index (χ0) is 18.7. The molecule has 7 heteroatoms. The van der Waals surface area contributed by atoms with Crippen molar-refractivity contribution in [2.75, 3.05) is 37.0 Å². The van der Waals surface area contributed by atoms with Gasteiger partial charge in [0, 0.05) is 25.3 Å². The molecular formula is C19H30N4O3. The number of hydrogen-bond acceptors (Lipinski definition) is 6. The standard InChI is InChI=1S/C19H30N4O3/c1-4-7-19(2,3)12-26-18-21-16(20)14-10-15(24)23(17(14)22-18)11-13-5-8-25-9-6-13/h13H,4-12H2,1-3H3,(H2,20,21,22). The molecule has 0 saturated carbocycles. The Morgan fingerprint density at radius 2 is 2.04 bits per heavy atom. The maximum Gasteiger partial charge on any atom is 0.320 e. The molecule has 2 N–H and O–H groups in total. The summed E-state index contributed by atoms with van der Waals surface area (Å²) in [4.78, 5) is 23.1. The second kappa shape index (κ2) is 7.78. The molecule has 1 fully saturated rings. The van der Waals surface area contributed by atoms with Crippen molar-refractivity contribution in [1.29, 1.82) is 0 Å². The van der Waals surface area contributed by atoms with Gasteiger partial charge in [-0.05, 0) is 30.6 Å². The van der Waals surface area contributed by atoms with Crippen molar-refractivity contribution in [2.24, 2.45) is 11.3 Å². The van der Waals surface area contributed by atoms with Crippen LogP contribution in [-0.2, 0) is 16.0 Å². The summed E-state index contributed by atoms with van der Waals surface area (Å²) in [5, 5.41) is 0. The van der Waals surface area contributed by atoms with Gasteiger partial charge in [-0.2, -0.15) is 9.97 Å². The van der Waals surface area contributed by atoms with Crippen molar-refractivity contribution >= 4 is 17.5 Å². The van der Waals surface area contributed by atoms with E-state index in [0.717, 1.165) is 44.5 Å². The van der Waals surface area contributed by atoms with E-state index in [9.17, 15) is 4.79 Å². The van der Waals surface area contributed by atoms with E-state index in [2.05, 4.69) is 30.7 Å². The Morgan fingerprint density at radius 1 is 1.31 bits per heavy atom. The monoisotopic (exact) mass is 362 g/mol. The highest BCUT2D eigenvalue weighted by Gasteiger charge is 2.34. The lowest BCUT2D eigenvalue weighted by molar-refractivity contribution is -0.117. The summed E-state index contributed by atoms with van der Waals surface area (Å²) in [5.41, 5.74) is 6.87. The lowest BCUT2D eigenvalue weighted by atomic mass is 9.89. The Morgan fingerprint density at radius 3 is 2.73 bits per heavy atom. The van der Waals surface area contributed by atoms with Gasteiger partial charge in [0.25, 0.3) is 0 Å². The maximum absolute atomic E-state index is 12.5. The number of fused-ring (bicyclic) bond motifs is 1. The van der Waals surface area contributed by atoms with Gasteiger partial charge in [-0.1, -0.05) is 27.2 Å². The number of carbonyl (C=O) groups is 1. The molecule has 0 atom stereocenters. The van der Waals surface area contributed by atoms with Gasteiger partial charge in [-0.3, -0.25) is 9.69 Å². The minimum Gasteiger partial charge on any atom is -0.463 e. The number of nitrogen functional groups attached to an aromatic ring is 1. The third-order valence-corrected chi connectivity index (χ3v) is 5.18. The van der Waals surface area contributed by atoms with Crippen molar-refractivity contribution in [2.45, 2.75) is 52.9 Å². The molecule has 1 aromatic heterocycles. The fraction of sp³-hybridized carbons (Fsp3) is 0.737. The number of hydrogen-bond donors (Lipinski definition) is 1. The highest BCUT2D eigenvalue weighted by Crippen LogP contribution is 2.34. The fourth-order valence-corrected chi connectivity index (χ4v) is 3.67. The molecule has 3 heterocycles. The molecule has 7 nitrogen and oxygen atoms in total. The lowest BCUT2D eigenvalue weighted by Gasteiger charge is -2.27. The van der Waals surface area contributed by atoms with E-state index < -0.39 is 0 Å². The van der Waals surface area contributed by atoms with E-state index >= 15 is 0 Å². The zero-order valence-corrected chi connectivity index (χ0v) is 16.1. The van der Waals surface area contributed by atoms with Crippen LogP contribution in [0.15, 0.2) is 0 Å². The number of ether oxygens (including phenoxy) is 2. The first-order chi connectivity index (χ1) is 12.4. The highest BCUT2D eigenvalue weighted by molar-refractivity contribution is 6.01. The van der Waals surface area contributed by atoms with Gasteiger partial charge in [0.2, 0.25) is 5.91 Å². The highest BCUT2D eigenvalue weighted by atomic mass is 16.5. The predicted octanol–water partition coefficient (Wildman–Crippen LogP) is 2.58. The normalized spacial score (nSPS) is 18.3. The SMILES string of the molecule is CCCC(C)(C)COc1nc(N)c2c(n1)N(CC1CCOCC1)C(=O)C2. The molecule has 0 unspecified atom stereocenters. The average Bonchev–Trinajstić information content (AvgIpc) is 2.91. The predicted molar refractivity (Wildman–Crippen MR) is 100 cm³/mol. The van der Waals surface area contributed by atoms with Crippen LogP contribution in [0.25, 0.3) is 0 Å². The van der Waals surface area contributed by atoms with Crippen LogP contribution < -0.4 is 15.4 Å². The lowest BCUT2D eigenvalue weighted by Crippen LogP contribution is -2.35. The smallest absolute Gasteiger partial charge is 0.320 e. The van der Waals surface area contributed by atoms with Crippen LogP contribution in [0.3, 0.4) is 0 Å². The molecule has 1 saturated heterocycles. The third-order valence-electron chi connectivity index (χ3n) is 5.18. The molecule has 3 rings (SSSR count). The first-order valence-corrected chi connectivity index (χ1v) is 9.57. The van der Waals surface area contributed by atoms with E-state index in [0.29, 0.717) is 30.7 Å². The van der Waals surface area contributed by atoms with Crippen molar-refractivity contribution in [3.05, 3.63) is 5.56 Å². The number of nitrogens with zero attached hydrogens (tertiary/aromatic N) is 3. The first-order valence-electron chi connectivity index (χ1n) is 9.57. The topological polar surface area (TPSA) is 90.6 Å². The summed E-state index contributed by atoms with van der Waals surface area (Å²) in [5.74, 6) is 1.44. The van der Waals surface area contributed by atoms with Crippen molar-refractivity contribution in [1.82, 2.24) is 9.97 Å². The Balaban J connectivity index is 1.75. The molecular weight excluding hydrogens is 332 g/mol. The van der Waals surface area contributed by atoms with Crippen LogP contribution in [0.5, 0.6) is 6.01 Å². The number of nitrogens with two attached hydrogens (primary N) is 1. The molecule has 0 aromatic carbocycles. The molecule has 2 aliphatic heterocycles. The van der Waals surface area contributed by atoms with Crippen LogP contribution in [0.1, 0.15) is 52.0 Å². The average molecular weight is 362 g/mol. The number of anilines is 2. The minimum atomic E-state index is 0.0379. The summed E-state index contributed by atoms with van der Waals surface area (Å²) in [7, 11) is 0. The summed E-state index contributed by atoms with van der Waals surface area (Å²) in [6, 6.07) is 0.261. The van der Waals surface area contributed by atoms with Crippen molar-refractivity contribution in [3.63, 3.8) is 0 Å². The molecule has 1 amide bonds. The zero-order valence-electron chi connectivity index (χ0n) is 16.1. The van der Waals surface area contributed by atoms with Gasteiger partial charge in [0.1, 0.15) is 11.6 Å². The number of amides is 1. The third kappa shape index (κ3) is 4.26. The van der Waals surface area contributed by atoms with E-state index in [4.69, 9.17) is 15.2 Å². The molecule has 144 valence electrons. The Hall–Kier alpha value is -1.89. The number of carbonyl (C=O) groups excluding carboxylic acids is 1. The Labute approximate surface area is 155 Å². The van der Waals surface area contributed by atoms with Crippen molar-refractivity contribution < 1.29 is 14.3 Å². The second-order valence-electron chi connectivity index (χ2n) is 8.13. The Bertz CT molecular complexity index is 656. The second-order valence-corrected chi connectivity index (χ2v) is 8.13. The van der Waals surface area contributed by atoms with Crippen LogP contribution in [0.4, 0.5) is 11.6 Å². The van der Waals surface area contributed by atoms with Crippen LogP contribution in [0.2, 0.25) is 0 Å². The van der Waals surface area contributed by atoms with E-state index in [-0.39, 0.29) is 23.8 Å². The Kier molecular flexibility index (Phi) is 5.65. The van der Waals surface area contributed by atoms with Crippen LogP contribution in [-0.4, -0.2) is 42.2 Å². The molecule has 0 radical (unpaired) electrons. The number of aromatic nitrogens is 2. The van der Waals surface area contributed by atoms with Gasteiger partial charge in [-0.25, -0.2) is 0 Å². The van der Waals surface area contributed by atoms with E-state index in [1.165, 1.54) is 0 Å². The van der Waals surface area contributed by atoms with Gasteiger partial charge in [-0.15, -0.1) is 0 Å². The summed E-state index contributed by atoms with van der Waals surface area (Å²) < 4.78 is 11.3. The first kappa shape index (κ1) is 18.9. The summed E-state index contributed by atoms with van der Waals surface area (Å²) in [6.45, 7) is 9.17. The van der Waals surface area contributed by atoms with E-state index in [1.807, 2.05) is 0 Å². The van der Waals surface area contributed by atoms with Crippen LogP contribution in [0, 0.1) is 11.3 Å². The molecule has 0 bridgehead atoms. The van der Waals surface area contributed by atoms with Crippen molar-refractivity contribution in [3.8, 4) is 6.01 Å². The molecule has 0 aliphatic carbocycles. The van der Waals surface area contributed by atoms with Gasteiger partial charge >= 0.3 is 6.01 Å². The van der Waals surface area contributed by atoms with Crippen LogP contribution >= 0.6 is 0 Å². The van der Waals surface area contributed by atoms with Gasteiger partial charge in [0.15, 0.2) is 0 Å². The number of rotatable bonds is 7. The van der Waals surface area contributed by atoms with Gasteiger partial charge < -0.3 is 15.2 Å². The molecule has 26 heavy (non-hydrogen) atoms. The van der Waals surface area contributed by atoms with Gasteiger partial charge in [0.05, 0.1) is 13.0 Å². The molecule has 2 aliphatic rings. The quantitative estimate of drug-likeness (QED) is 0.802. The summed E-state index contributed by atoms with van der Waals surface area (Å²) >= 11 is 0. The molecule has 1 aromatic rings. The maximum atomic E-state index is 12.5. The molecule has 0 spiro atoms. The minimum absolute atomic E-state index is 0.0379. The largest absolute Gasteiger partial charge is 0.463 e. The fourth-order valence-electron chi connectivity index (χ4n) is 3.67.